The lowest BCUT2D eigenvalue weighted by molar-refractivity contribution is 0.466. The van der Waals surface area contributed by atoms with Gasteiger partial charge in [0.1, 0.15) is 5.82 Å². The van der Waals surface area contributed by atoms with Crippen molar-refractivity contribution in [1.29, 1.82) is 0 Å². The molecule has 1 aliphatic heterocycles. The minimum Gasteiger partial charge on any atom is -0.367 e. The number of aromatic nitrogens is 4. The smallest absolute Gasteiger partial charge is 0.191 e. The van der Waals surface area contributed by atoms with E-state index in [9.17, 15) is 0 Å². The van der Waals surface area contributed by atoms with Crippen LogP contribution in [0.5, 0.6) is 0 Å². The van der Waals surface area contributed by atoms with Gasteiger partial charge in [-0.25, -0.2) is 4.98 Å². The molecule has 3 heterocycles. The van der Waals surface area contributed by atoms with Gasteiger partial charge in [-0.1, -0.05) is 13.8 Å². The molecule has 0 amide bonds. The summed E-state index contributed by atoms with van der Waals surface area (Å²) in [7, 11) is 3.77. The van der Waals surface area contributed by atoms with Crippen molar-refractivity contribution in [3.8, 4) is 0 Å². The van der Waals surface area contributed by atoms with Gasteiger partial charge in [-0.3, -0.25) is 9.67 Å². The van der Waals surface area contributed by atoms with Crippen LogP contribution in [0.15, 0.2) is 29.8 Å². The average molecular weight is 373 g/mol. The second kappa shape index (κ2) is 8.92. The van der Waals surface area contributed by atoms with Crippen molar-refractivity contribution in [2.75, 3.05) is 25.0 Å². The van der Waals surface area contributed by atoms with Crippen molar-refractivity contribution in [2.24, 2.45) is 18.0 Å². The Bertz CT molecular complexity index is 744. The molecule has 1 fully saturated rings. The Hall–Kier alpha value is -2.51. The Morgan fingerprint density at radius 3 is 2.96 bits per heavy atom. The van der Waals surface area contributed by atoms with E-state index >= 15 is 0 Å². The number of piperidine rings is 1. The van der Waals surface area contributed by atoms with E-state index in [1.165, 1.54) is 5.69 Å². The minimum atomic E-state index is 0.362. The molecule has 1 atom stereocenters. The number of hydrogen-bond donors (Lipinski definition) is 2. The summed E-state index contributed by atoms with van der Waals surface area (Å²) in [6, 6.07) is 0.362. The van der Waals surface area contributed by atoms with E-state index in [0.29, 0.717) is 18.5 Å². The molecule has 1 unspecified atom stereocenters. The second-order valence-electron chi connectivity index (χ2n) is 7.62. The third-order valence-corrected chi connectivity index (χ3v) is 4.82. The zero-order valence-electron chi connectivity index (χ0n) is 16.9. The van der Waals surface area contributed by atoms with Crippen LogP contribution in [0, 0.1) is 5.92 Å². The molecule has 1 saturated heterocycles. The first kappa shape index (κ1) is 19.3. The van der Waals surface area contributed by atoms with Gasteiger partial charge in [0.2, 0.25) is 0 Å². The highest BCUT2D eigenvalue weighted by atomic mass is 15.3. The molecule has 148 valence electrons. The SMILES string of the molecule is CN=C(NCc1nccn1CC(C)C)NC1CCCN(c2cnn(C)c2)C1. The molecular formula is C19H32N8. The van der Waals surface area contributed by atoms with E-state index in [0.717, 1.165) is 44.3 Å². The van der Waals surface area contributed by atoms with Gasteiger partial charge in [0, 0.05) is 58.4 Å². The fraction of sp³-hybridized carbons (Fsp3) is 0.632. The molecule has 0 spiro atoms. The van der Waals surface area contributed by atoms with Gasteiger partial charge < -0.3 is 20.1 Å². The zero-order chi connectivity index (χ0) is 19.2. The fourth-order valence-corrected chi connectivity index (χ4v) is 3.52. The number of aliphatic imine (C=N–C) groups is 1. The number of aryl methyl sites for hydroxylation is 1. The molecule has 0 bridgehead atoms. The maximum Gasteiger partial charge on any atom is 0.191 e. The van der Waals surface area contributed by atoms with Crippen molar-refractivity contribution in [1.82, 2.24) is 30.0 Å². The molecular weight excluding hydrogens is 340 g/mol. The number of hydrogen-bond acceptors (Lipinski definition) is 4. The second-order valence-corrected chi connectivity index (χ2v) is 7.62. The normalized spacial score (nSPS) is 18.2. The van der Waals surface area contributed by atoms with Crippen molar-refractivity contribution in [3.05, 3.63) is 30.6 Å². The fourth-order valence-electron chi connectivity index (χ4n) is 3.52. The zero-order valence-corrected chi connectivity index (χ0v) is 16.9. The van der Waals surface area contributed by atoms with Gasteiger partial charge in [0.25, 0.3) is 0 Å². The molecule has 2 aromatic heterocycles. The summed E-state index contributed by atoms with van der Waals surface area (Å²) >= 11 is 0. The van der Waals surface area contributed by atoms with Crippen molar-refractivity contribution in [2.45, 2.75) is 45.8 Å². The minimum absolute atomic E-state index is 0.362. The maximum absolute atomic E-state index is 4.48. The van der Waals surface area contributed by atoms with Crippen LogP contribution in [0.25, 0.3) is 0 Å². The van der Waals surface area contributed by atoms with Crippen LogP contribution >= 0.6 is 0 Å². The Morgan fingerprint density at radius 1 is 1.41 bits per heavy atom. The molecule has 0 aromatic carbocycles. The summed E-state index contributed by atoms with van der Waals surface area (Å²) in [6.07, 6.45) is 10.2. The summed E-state index contributed by atoms with van der Waals surface area (Å²) in [5, 5.41) is 11.3. The van der Waals surface area contributed by atoms with Gasteiger partial charge in [-0.05, 0) is 18.8 Å². The van der Waals surface area contributed by atoms with Crippen molar-refractivity contribution < 1.29 is 0 Å². The van der Waals surface area contributed by atoms with E-state index in [-0.39, 0.29) is 0 Å². The van der Waals surface area contributed by atoms with Crippen LogP contribution in [0.4, 0.5) is 5.69 Å². The molecule has 8 heteroatoms. The molecule has 8 nitrogen and oxygen atoms in total. The summed E-state index contributed by atoms with van der Waals surface area (Å²) in [6.45, 7) is 8.10. The molecule has 0 saturated carbocycles. The highest BCUT2D eigenvalue weighted by Crippen LogP contribution is 2.18. The standard InChI is InChI=1S/C19H32N8/c1-15(2)12-27-9-7-21-18(27)11-22-19(20-3)24-16-6-5-8-26(13-16)17-10-23-25(4)14-17/h7,9-10,14-16H,5-6,8,11-13H2,1-4H3,(H2,20,22,24). The quantitative estimate of drug-likeness (QED) is 0.595. The number of nitrogens with one attached hydrogen (secondary N) is 2. The van der Waals surface area contributed by atoms with Crippen LogP contribution < -0.4 is 15.5 Å². The Labute approximate surface area is 161 Å². The Morgan fingerprint density at radius 2 is 2.26 bits per heavy atom. The predicted molar refractivity (Wildman–Crippen MR) is 109 cm³/mol. The highest BCUT2D eigenvalue weighted by molar-refractivity contribution is 5.80. The van der Waals surface area contributed by atoms with E-state index in [1.54, 1.807) is 0 Å². The number of rotatable bonds is 6. The number of imidazole rings is 1. The van der Waals surface area contributed by atoms with Gasteiger partial charge in [-0.2, -0.15) is 5.10 Å². The molecule has 2 N–H and O–H groups in total. The average Bonchev–Trinajstić information content (AvgIpc) is 3.27. The summed E-state index contributed by atoms with van der Waals surface area (Å²) in [4.78, 5) is 11.3. The third-order valence-electron chi connectivity index (χ3n) is 4.82. The molecule has 3 rings (SSSR count). The topological polar surface area (TPSA) is 75.3 Å². The van der Waals surface area contributed by atoms with Crippen molar-refractivity contribution >= 4 is 11.6 Å². The predicted octanol–water partition coefficient (Wildman–Crippen LogP) is 1.61. The Balaban J connectivity index is 1.53. The summed E-state index contributed by atoms with van der Waals surface area (Å²) in [5.41, 5.74) is 1.18. The van der Waals surface area contributed by atoms with E-state index in [2.05, 4.69) is 55.2 Å². The van der Waals surface area contributed by atoms with Gasteiger partial charge in [0.15, 0.2) is 5.96 Å². The van der Waals surface area contributed by atoms with E-state index < -0.39 is 0 Å². The molecule has 0 radical (unpaired) electrons. The van der Waals surface area contributed by atoms with Crippen molar-refractivity contribution in [3.63, 3.8) is 0 Å². The lowest BCUT2D eigenvalue weighted by atomic mass is 10.1. The lowest BCUT2D eigenvalue weighted by Crippen LogP contribution is -2.51. The number of guanidine groups is 1. The van der Waals surface area contributed by atoms with Gasteiger partial charge in [-0.15, -0.1) is 0 Å². The molecule has 27 heavy (non-hydrogen) atoms. The summed E-state index contributed by atoms with van der Waals surface area (Å²) in [5.74, 6) is 2.45. The maximum atomic E-state index is 4.48. The largest absolute Gasteiger partial charge is 0.367 e. The lowest BCUT2D eigenvalue weighted by Gasteiger charge is -2.34. The molecule has 0 aliphatic carbocycles. The first-order chi connectivity index (χ1) is 13.0. The van der Waals surface area contributed by atoms with Crippen LogP contribution in [-0.2, 0) is 20.1 Å². The number of nitrogens with zero attached hydrogens (tertiary/aromatic N) is 6. The van der Waals surface area contributed by atoms with E-state index in [1.807, 2.05) is 37.4 Å². The van der Waals surface area contributed by atoms with Gasteiger partial charge in [0.05, 0.1) is 18.4 Å². The van der Waals surface area contributed by atoms with Crippen LogP contribution in [-0.4, -0.2) is 51.5 Å². The van der Waals surface area contributed by atoms with Crippen LogP contribution in [0.3, 0.4) is 0 Å². The van der Waals surface area contributed by atoms with Crippen LogP contribution in [0.1, 0.15) is 32.5 Å². The molecule has 2 aromatic rings. The molecule has 1 aliphatic rings. The first-order valence-corrected chi connectivity index (χ1v) is 9.76. The third kappa shape index (κ3) is 5.24. The van der Waals surface area contributed by atoms with E-state index in [4.69, 9.17) is 0 Å². The highest BCUT2D eigenvalue weighted by Gasteiger charge is 2.21. The Kier molecular flexibility index (Phi) is 6.36. The van der Waals surface area contributed by atoms with Crippen LogP contribution in [0.2, 0.25) is 0 Å². The first-order valence-electron chi connectivity index (χ1n) is 9.76. The summed E-state index contributed by atoms with van der Waals surface area (Å²) < 4.78 is 4.06. The monoisotopic (exact) mass is 372 g/mol. The van der Waals surface area contributed by atoms with Gasteiger partial charge >= 0.3 is 0 Å². The number of anilines is 1.